The number of aromatic amines is 1. The molecule has 0 aliphatic carbocycles. The first kappa shape index (κ1) is 27.7. The van der Waals surface area contributed by atoms with E-state index in [4.69, 9.17) is 14.6 Å². The molecule has 0 fully saturated rings. The van der Waals surface area contributed by atoms with Crippen LogP contribution in [-0.4, -0.2) is 59.7 Å². The molecule has 3 aromatic carbocycles. The highest BCUT2D eigenvalue weighted by molar-refractivity contribution is 5.83. The third-order valence-corrected chi connectivity index (χ3v) is 6.64. The van der Waals surface area contributed by atoms with E-state index >= 15 is 0 Å². The number of carbonyl (C=O) groups excluding carboxylic acids is 2. The minimum atomic E-state index is -0.356. The second-order valence-corrected chi connectivity index (χ2v) is 9.45. The van der Waals surface area contributed by atoms with E-state index in [1.54, 1.807) is 24.1 Å². The molecule has 0 saturated heterocycles. The monoisotopic (exact) mass is 531 g/mol. The van der Waals surface area contributed by atoms with Crippen molar-refractivity contribution in [2.45, 2.75) is 32.4 Å². The van der Waals surface area contributed by atoms with Gasteiger partial charge >= 0.3 is 0 Å². The van der Waals surface area contributed by atoms with Gasteiger partial charge in [-0.25, -0.2) is 0 Å². The van der Waals surface area contributed by atoms with Crippen LogP contribution in [-0.2, 0) is 29.0 Å². The highest BCUT2D eigenvalue weighted by Crippen LogP contribution is 2.22. The summed E-state index contributed by atoms with van der Waals surface area (Å²) in [5, 5.41) is 13.3. The van der Waals surface area contributed by atoms with Gasteiger partial charge in [0.2, 0.25) is 5.91 Å². The molecule has 0 saturated carbocycles. The smallest absolute Gasteiger partial charge is 0.258 e. The van der Waals surface area contributed by atoms with Gasteiger partial charge in [-0.1, -0.05) is 48.5 Å². The Morgan fingerprint density at radius 2 is 1.77 bits per heavy atom. The number of methoxy groups -OCH3 is 1. The maximum Gasteiger partial charge on any atom is 0.258 e. The summed E-state index contributed by atoms with van der Waals surface area (Å²) in [7, 11) is 1.61. The van der Waals surface area contributed by atoms with Gasteiger partial charge < -0.3 is 29.8 Å². The number of rotatable bonds is 13. The maximum absolute atomic E-state index is 13.0. The molecule has 206 valence electrons. The number of amides is 2. The summed E-state index contributed by atoms with van der Waals surface area (Å²) in [6, 6.07) is 22.6. The molecule has 0 spiro atoms. The summed E-state index contributed by atoms with van der Waals surface area (Å²) >= 11 is 0. The van der Waals surface area contributed by atoms with Crippen molar-refractivity contribution >= 4 is 22.7 Å². The van der Waals surface area contributed by atoms with E-state index in [1.165, 1.54) is 6.92 Å². The van der Waals surface area contributed by atoms with Gasteiger partial charge in [0.25, 0.3) is 5.91 Å². The van der Waals surface area contributed by atoms with Gasteiger partial charge in [-0.2, -0.15) is 0 Å². The number of aliphatic hydroxyl groups is 1. The average molecular weight is 532 g/mol. The number of ether oxygens (including phenoxy) is 2. The summed E-state index contributed by atoms with van der Waals surface area (Å²) in [5.41, 5.74) is 3.95. The van der Waals surface area contributed by atoms with Crippen molar-refractivity contribution < 1.29 is 25.6 Å². The molecule has 0 bridgehead atoms. The third-order valence-electron chi connectivity index (χ3n) is 6.64. The number of hydrogen-bond donors (Lipinski definition) is 3. The Labute approximate surface area is 230 Å². The van der Waals surface area contributed by atoms with Crippen LogP contribution in [0.25, 0.3) is 10.9 Å². The Kier molecular flexibility index (Phi) is 9.58. The predicted molar refractivity (Wildman–Crippen MR) is 153 cm³/mol. The number of aliphatic hydroxyl groups excluding tert-OH is 1. The first-order valence-electron chi connectivity index (χ1n) is 13.0. The van der Waals surface area contributed by atoms with E-state index < -0.39 is 0 Å². The zero-order chi connectivity index (χ0) is 27.6. The van der Waals surface area contributed by atoms with Crippen LogP contribution in [0.5, 0.6) is 11.5 Å². The Morgan fingerprint density at radius 3 is 2.51 bits per heavy atom. The minimum absolute atomic E-state index is 0. The lowest BCUT2D eigenvalue weighted by molar-refractivity contribution is -0.131. The van der Waals surface area contributed by atoms with Gasteiger partial charge in [0.1, 0.15) is 11.5 Å². The number of hydrogen-bond acceptors (Lipinski definition) is 5. The number of nitrogens with zero attached hydrogens (tertiary/aromatic N) is 1. The molecule has 1 heterocycles. The molecule has 1 aromatic heterocycles. The van der Waals surface area contributed by atoms with E-state index in [2.05, 4.69) is 10.3 Å². The Bertz CT molecular complexity index is 1390. The van der Waals surface area contributed by atoms with Crippen molar-refractivity contribution in [2.75, 3.05) is 26.9 Å². The number of benzene rings is 3. The summed E-state index contributed by atoms with van der Waals surface area (Å²) in [6.07, 6.45) is 3.05. The summed E-state index contributed by atoms with van der Waals surface area (Å²) in [6.45, 7) is 2.12. The molecule has 39 heavy (non-hydrogen) atoms. The van der Waals surface area contributed by atoms with Gasteiger partial charge in [-0.15, -0.1) is 0 Å². The Morgan fingerprint density at radius 1 is 1.03 bits per heavy atom. The molecule has 0 radical (unpaired) electrons. The molecule has 3 N–H and O–H groups in total. The van der Waals surface area contributed by atoms with Crippen molar-refractivity contribution in [2.24, 2.45) is 0 Å². The second kappa shape index (κ2) is 13.5. The topological polar surface area (TPSA) is 104 Å². The van der Waals surface area contributed by atoms with Crippen LogP contribution >= 0.6 is 0 Å². The van der Waals surface area contributed by atoms with Crippen molar-refractivity contribution in [1.29, 1.82) is 0 Å². The zero-order valence-corrected chi connectivity index (χ0v) is 22.4. The first-order chi connectivity index (χ1) is 19.0. The highest BCUT2D eigenvalue weighted by atomic mass is 16.5. The third kappa shape index (κ3) is 7.61. The van der Waals surface area contributed by atoms with Crippen LogP contribution in [0, 0.1) is 0 Å². The van der Waals surface area contributed by atoms with Gasteiger partial charge in [0.15, 0.2) is 6.61 Å². The first-order valence-corrected chi connectivity index (χ1v) is 13.0. The largest absolute Gasteiger partial charge is 0.496 e. The Balaban J connectivity index is 0.00000441. The number of para-hydroxylation sites is 2. The number of fused-ring (bicyclic) bond motifs is 1. The molecule has 2 amide bonds. The molecule has 8 nitrogen and oxygen atoms in total. The number of nitrogens with one attached hydrogen (secondary N) is 2. The minimum Gasteiger partial charge on any atom is -0.496 e. The fourth-order valence-corrected chi connectivity index (χ4v) is 4.64. The van der Waals surface area contributed by atoms with Crippen molar-refractivity contribution in [3.05, 3.63) is 95.7 Å². The van der Waals surface area contributed by atoms with E-state index in [0.29, 0.717) is 37.4 Å². The van der Waals surface area contributed by atoms with Crippen LogP contribution in [0.15, 0.2) is 79.0 Å². The van der Waals surface area contributed by atoms with Gasteiger partial charge in [-0.3, -0.25) is 9.59 Å². The van der Waals surface area contributed by atoms with Crippen molar-refractivity contribution in [3.8, 4) is 11.5 Å². The molecule has 0 aliphatic heterocycles. The second-order valence-electron chi connectivity index (χ2n) is 9.45. The van der Waals surface area contributed by atoms with Crippen molar-refractivity contribution in [3.63, 3.8) is 0 Å². The predicted octanol–water partition coefficient (Wildman–Crippen LogP) is 4.11. The van der Waals surface area contributed by atoms with E-state index in [-0.39, 0.29) is 32.5 Å². The quantitative estimate of drug-likeness (QED) is 0.241. The van der Waals surface area contributed by atoms with Crippen LogP contribution < -0.4 is 14.8 Å². The molecule has 1 atom stereocenters. The number of aromatic nitrogens is 1. The summed E-state index contributed by atoms with van der Waals surface area (Å²) in [4.78, 5) is 30.7. The van der Waals surface area contributed by atoms with Crippen LogP contribution in [0.1, 0.15) is 25.0 Å². The molecule has 8 heteroatoms. The lowest BCUT2D eigenvalue weighted by Crippen LogP contribution is -2.47. The lowest BCUT2D eigenvalue weighted by atomic mass is 10.0. The molecular formula is C31H37N3O5. The SMILES string of the molecule is COc1ccccc1CN(CC(Cc1c[nH]c2ccccc12)NC(=O)COc1ccc(CCO)cc1)C(C)=O.[HH]. The zero-order valence-electron chi connectivity index (χ0n) is 22.4. The van der Waals surface area contributed by atoms with Gasteiger partial charge in [-0.05, 0) is 48.2 Å². The van der Waals surface area contributed by atoms with E-state index in [9.17, 15) is 9.59 Å². The highest BCUT2D eigenvalue weighted by Gasteiger charge is 2.22. The van der Waals surface area contributed by atoms with E-state index in [0.717, 1.165) is 27.6 Å². The molecule has 4 rings (SSSR count). The molecular weight excluding hydrogens is 494 g/mol. The number of carbonyl (C=O) groups is 2. The maximum atomic E-state index is 13.0. The molecule has 4 aromatic rings. The standard InChI is InChI=1S/C31H35N3O5.H2/c1-22(36)34(19-24-7-3-6-10-30(24)38-2)20-26(17-25-18-32-29-9-5-4-8-28(25)29)33-31(37)21-39-27-13-11-23(12-14-27)15-16-35;/h3-14,18,26,32,35H,15-17,19-21H2,1-2H3,(H,33,37);1H. The van der Waals surface area contributed by atoms with Crippen LogP contribution in [0.3, 0.4) is 0 Å². The van der Waals surface area contributed by atoms with E-state index in [1.807, 2.05) is 66.9 Å². The average Bonchev–Trinajstić information content (AvgIpc) is 3.35. The normalized spacial score (nSPS) is 11.7. The number of H-pyrrole nitrogens is 1. The van der Waals surface area contributed by atoms with Gasteiger partial charge in [0.05, 0.1) is 13.2 Å². The van der Waals surface area contributed by atoms with Crippen molar-refractivity contribution in [1.82, 2.24) is 15.2 Å². The van der Waals surface area contributed by atoms with Crippen LogP contribution in [0.4, 0.5) is 0 Å². The van der Waals surface area contributed by atoms with Gasteiger partial charge in [0, 0.05) is 50.7 Å². The fourth-order valence-electron chi connectivity index (χ4n) is 4.64. The van der Waals surface area contributed by atoms with Crippen LogP contribution in [0.2, 0.25) is 0 Å². The fraction of sp³-hybridized carbons (Fsp3) is 0.290. The summed E-state index contributed by atoms with van der Waals surface area (Å²) in [5.74, 6) is 0.902. The molecule has 0 aliphatic rings. The Hall–Kier alpha value is -4.30. The summed E-state index contributed by atoms with van der Waals surface area (Å²) < 4.78 is 11.2. The molecule has 1 unspecified atom stereocenters. The lowest BCUT2D eigenvalue weighted by Gasteiger charge is -2.28.